The second kappa shape index (κ2) is 5.30. The summed E-state index contributed by atoms with van der Waals surface area (Å²) < 4.78 is 13.9. The molecule has 4 aromatic rings. The molecule has 0 saturated carbocycles. The monoisotopic (exact) mass is 342 g/mol. The van der Waals surface area contributed by atoms with Crippen LogP contribution in [0.2, 0.25) is 0 Å². The molecule has 0 spiro atoms. The number of carbonyl (C=O) groups excluding carboxylic acids is 1. The van der Waals surface area contributed by atoms with E-state index in [9.17, 15) is 9.18 Å². The third-order valence-electron chi connectivity index (χ3n) is 5.09. The first-order chi connectivity index (χ1) is 12.7. The number of hydrogen-bond donors (Lipinski definition) is 2. The summed E-state index contributed by atoms with van der Waals surface area (Å²) in [5.41, 5.74) is 2.68. The number of aromatic amines is 1. The van der Waals surface area contributed by atoms with Gasteiger partial charge < -0.3 is 10.3 Å². The van der Waals surface area contributed by atoms with Gasteiger partial charge in [-0.1, -0.05) is 42.5 Å². The van der Waals surface area contributed by atoms with Gasteiger partial charge in [0.25, 0.3) is 0 Å². The lowest BCUT2D eigenvalue weighted by atomic mass is 9.79. The average Bonchev–Trinajstić information content (AvgIpc) is 3.22. The van der Waals surface area contributed by atoms with Crippen molar-refractivity contribution < 1.29 is 9.18 Å². The Hall–Kier alpha value is -3.40. The van der Waals surface area contributed by atoms with Crippen LogP contribution in [0.25, 0.3) is 10.9 Å². The highest BCUT2D eigenvalue weighted by molar-refractivity contribution is 6.17. The Labute approximate surface area is 149 Å². The number of rotatable bonds is 2. The largest absolute Gasteiger partial charge is 0.365 e. The number of fused-ring (bicyclic) bond motifs is 2. The summed E-state index contributed by atoms with van der Waals surface area (Å²) in [4.78, 5) is 16.8. The Balaban J connectivity index is 1.85. The maximum absolute atomic E-state index is 13.9. The summed E-state index contributed by atoms with van der Waals surface area (Å²) >= 11 is 0. The van der Waals surface area contributed by atoms with Crippen molar-refractivity contribution in [3.05, 3.63) is 102 Å². The first-order valence-electron chi connectivity index (χ1n) is 8.45. The first kappa shape index (κ1) is 14.9. The fraction of sp³-hybridized carbons (Fsp3) is 0.0455. The van der Waals surface area contributed by atoms with Crippen LogP contribution in [-0.2, 0) is 5.54 Å². The van der Waals surface area contributed by atoms with E-state index in [1.54, 1.807) is 12.3 Å². The molecule has 2 N–H and O–H groups in total. The van der Waals surface area contributed by atoms with E-state index in [2.05, 4.69) is 10.3 Å². The highest BCUT2D eigenvalue weighted by Crippen LogP contribution is 2.45. The number of aromatic nitrogens is 1. The molecule has 0 fully saturated rings. The third-order valence-corrected chi connectivity index (χ3v) is 5.09. The predicted molar refractivity (Wildman–Crippen MR) is 99.9 cm³/mol. The molecule has 2 heterocycles. The van der Waals surface area contributed by atoms with Gasteiger partial charge in [0.05, 0.1) is 0 Å². The van der Waals surface area contributed by atoms with Crippen LogP contribution in [0.15, 0.2) is 79.0 Å². The molecule has 4 heteroatoms. The number of carbonyl (C=O) groups is 1. The smallest absolute Gasteiger partial charge is 0.199 e. The molecule has 0 saturated heterocycles. The van der Waals surface area contributed by atoms with Gasteiger partial charge >= 0.3 is 0 Å². The van der Waals surface area contributed by atoms with Crippen LogP contribution in [0.5, 0.6) is 0 Å². The van der Waals surface area contributed by atoms with Gasteiger partial charge in [0.15, 0.2) is 11.3 Å². The number of nitrogens with one attached hydrogen (secondary N) is 2. The molecule has 0 bridgehead atoms. The lowest BCUT2D eigenvalue weighted by molar-refractivity contribution is 0.0941. The molecule has 3 aromatic carbocycles. The summed E-state index contributed by atoms with van der Waals surface area (Å²) in [6.07, 6.45) is 1.80. The van der Waals surface area contributed by atoms with Gasteiger partial charge in [0.1, 0.15) is 5.82 Å². The lowest BCUT2D eigenvalue weighted by Crippen LogP contribution is -2.39. The zero-order valence-corrected chi connectivity index (χ0v) is 13.8. The number of Topliss-reactive ketones (excluding diaryl/α,β-unsaturated/α-hetero) is 1. The van der Waals surface area contributed by atoms with Crippen molar-refractivity contribution in [2.75, 3.05) is 5.32 Å². The van der Waals surface area contributed by atoms with Gasteiger partial charge in [-0.2, -0.15) is 0 Å². The van der Waals surface area contributed by atoms with Crippen LogP contribution in [-0.4, -0.2) is 10.8 Å². The molecule has 26 heavy (non-hydrogen) atoms. The Morgan fingerprint density at radius 2 is 1.65 bits per heavy atom. The molecular formula is C22H15FN2O. The standard InChI is InChI=1S/C22H15FN2O/c23-15-10-11-19-17(12-15)18(13-24-19)22(14-6-2-1-3-7-14)21(26)16-8-4-5-9-20(16)25-22/h1-13,24-25H/t22-/m1/s1. The highest BCUT2D eigenvalue weighted by Gasteiger charge is 2.49. The Kier molecular flexibility index (Phi) is 3.04. The molecule has 1 aromatic heterocycles. The highest BCUT2D eigenvalue weighted by atomic mass is 19.1. The van der Waals surface area contributed by atoms with Crippen molar-refractivity contribution in [3.8, 4) is 0 Å². The van der Waals surface area contributed by atoms with Crippen molar-refractivity contribution >= 4 is 22.4 Å². The molecule has 5 rings (SSSR count). The normalized spacial score (nSPS) is 18.7. The van der Waals surface area contributed by atoms with E-state index in [1.807, 2.05) is 54.6 Å². The van der Waals surface area contributed by atoms with E-state index in [1.165, 1.54) is 12.1 Å². The number of halogens is 1. The van der Waals surface area contributed by atoms with E-state index in [0.717, 1.165) is 22.3 Å². The maximum atomic E-state index is 13.9. The van der Waals surface area contributed by atoms with E-state index in [-0.39, 0.29) is 11.6 Å². The topological polar surface area (TPSA) is 44.9 Å². The number of benzene rings is 3. The number of para-hydroxylation sites is 1. The van der Waals surface area contributed by atoms with Crippen LogP contribution < -0.4 is 5.32 Å². The minimum atomic E-state index is -1.09. The van der Waals surface area contributed by atoms with Gasteiger partial charge in [-0.15, -0.1) is 0 Å². The SMILES string of the molecule is O=C1c2ccccc2N[C@]1(c1ccccc1)c1c[nH]c2ccc(F)cc12. The number of hydrogen-bond acceptors (Lipinski definition) is 2. The fourth-order valence-electron chi connectivity index (χ4n) is 3.89. The van der Waals surface area contributed by atoms with Crippen molar-refractivity contribution in [2.45, 2.75) is 5.54 Å². The van der Waals surface area contributed by atoms with E-state index < -0.39 is 5.54 Å². The number of H-pyrrole nitrogens is 1. The third kappa shape index (κ3) is 1.90. The number of anilines is 1. The molecule has 0 unspecified atom stereocenters. The predicted octanol–water partition coefficient (Wildman–Crippen LogP) is 4.86. The summed E-state index contributed by atoms with van der Waals surface area (Å²) in [6.45, 7) is 0. The van der Waals surface area contributed by atoms with Crippen molar-refractivity contribution in [3.63, 3.8) is 0 Å². The quantitative estimate of drug-likeness (QED) is 0.546. The molecule has 1 aliphatic rings. The molecule has 0 amide bonds. The van der Waals surface area contributed by atoms with Crippen molar-refractivity contribution in [1.82, 2.24) is 4.98 Å². The van der Waals surface area contributed by atoms with Gasteiger partial charge in [-0.05, 0) is 35.9 Å². The summed E-state index contributed by atoms with van der Waals surface area (Å²) in [7, 11) is 0. The maximum Gasteiger partial charge on any atom is 0.199 e. The summed E-state index contributed by atoms with van der Waals surface area (Å²) in [5, 5.41) is 4.13. The molecule has 1 atom stereocenters. The van der Waals surface area contributed by atoms with E-state index >= 15 is 0 Å². The van der Waals surface area contributed by atoms with Crippen LogP contribution in [0.3, 0.4) is 0 Å². The Bertz CT molecular complexity index is 1150. The minimum Gasteiger partial charge on any atom is -0.365 e. The molecule has 3 nitrogen and oxygen atoms in total. The second-order valence-corrected chi connectivity index (χ2v) is 6.51. The lowest BCUT2D eigenvalue weighted by Gasteiger charge is -2.29. The second-order valence-electron chi connectivity index (χ2n) is 6.51. The first-order valence-corrected chi connectivity index (χ1v) is 8.45. The average molecular weight is 342 g/mol. The van der Waals surface area contributed by atoms with Crippen molar-refractivity contribution in [1.29, 1.82) is 0 Å². The molecular weight excluding hydrogens is 327 g/mol. The zero-order chi connectivity index (χ0) is 17.7. The molecule has 1 aliphatic heterocycles. The summed E-state index contributed by atoms with van der Waals surface area (Å²) in [5.74, 6) is -0.367. The van der Waals surface area contributed by atoms with Crippen LogP contribution in [0.4, 0.5) is 10.1 Å². The molecule has 126 valence electrons. The zero-order valence-electron chi connectivity index (χ0n) is 13.8. The fourth-order valence-corrected chi connectivity index (χ4v) is 3.89. The Morgan fingerprint density at radius 3 is 2.46 bits per heavy atom. The van der Waals surface area contributed by atoms with Crippen LogP contribution in [0, 0.1) is 5.82 Å². The van der Waals surface area contributed by atoms with Gasteiger partial charge in [-0.3, -0.25) is 4.79 Å². The van der Waals surface area contributed by atoms with Crippen LogP contribution in [0.1, 0.15) is 21.5 Å². The van der Waals surface area contributed by atoms with Crippen molar-refractivity contribution in [2.24, 2.45) is 0 Å². The van der Waals surface area contributed by atoms with E-state index in [4.69, 9.17) is 0 Å². The van der Waals surface area contributed by atoms with Gasteiger partial charge in [0, 0.05) is 33.9 Å². The van der Waals surface area contributed by atoms with E-state index in [0.29, 0.717) is 10.9 Å². The van der Waals surface area contributed by atoms with Gasteiger partial charge in [-0.25, -0.2) is 4.39 Å². The molecule has 0 aliphatic carbocycles. The van der Waals surface area contributed by atoms with Crippen LogP contribution >= 0.6 is 0 Å². The minimum absolute atomic E-state index is 0.0375. The Morgan fingerprint density at radius 1 is 0.885 bits per heavy atom. The summed E-state index contributed by atoms with van der Waals surface area (Å²) in [6, 6.07) is 21.6. The molecule has 0 radical (unpaired) electrons. The number of ketones is 1. The van der Waals surface area contributed by atoms with Gasteiger partial charge in [0.2, 0.25) is 0 Å².